The van der Waals surface area contributed by atoms with Crippen molar-refractivity contribution in [2.45, 2.75) is 39.4 Å². The molecule has 0 aliphatic heterocycles. The van der Waals surface area contributed by atoms with E-state index in [2.05, 4.69) is 67.6 Å². The summed E-state index contributed by atoms with van der Waals surface area (Å²) in [5, 5.41) is 0. The first-order valence-corrected chi connectivity index (χ1v) is 9.48. The second-order valence-electron chi connectivity index (χ2n) is 5.06. The summed E-state index contributed by atoms with van der Waals surface area (Å²) in [5.41, 5.74) is 1.34. The van der Waals surface area contributed by atoms with Crippen molar-refractivity contribution in [3.63, 3.8) is 0 Å². The Morgan fingerprint density at radius 2 is 1.80 bits per heavy atom. The molecule has 0 N–H and O–H groups in total. The molecule has 0 aliphatic rings. The average Bonchev–Trinajstić information content (AvgIpc) is 2.05. The Kier molecular flexibility index (Phi) is 4.01. The fourth-order valence-corrected chi connectivity index (χ4v) is 2.75. The quantitative estimate of drug-likeness (QED) is 0.726. The van der Waals surface area contributed by atoms with Crippen LogP contribution >= 0.6 is 15.9 Å². The van der Waals surface area contributed by atoms with Crippen LogP contribution in [0.3, 0.4) is 0 Å². The lowest BCUT2D eigenvalue weighted by Gasteiger charge is -2.21. The molecule has 0 radical (unpaired) electrons. The third kappa shape index (κ3) is 3.99. The molecule has 1 rings (SSSR count). The molecule has 0 aliphatic carbocycles. The number of rotatable bonds is 3. The first kappa shape index (κ1) is 12.8. The summed E-state index contributed by atoms with van der Waals surface area (Å²) < 4.78 is 7.03. The van der Waals surface area contributed by atoms with Gasteiger partial charge in [0.25, 0.3) is 0 Å². The van der Waals surface area contributed by atoms with Gasteiger partial charge < -0.3 is 4.43 Å². The van der Waals surface area contributed by atoms with Gasteiger partial charge in [-0.15, -0.1) is 0 Å². The third-order valence-corrected chi connectivity index (χ3v) is 3.49. The highest BCUT2D eigenvalue weighted by atomic mass is 79.9. The van der Waals surface area contributed by atoms with Crippen LogP contribution in [-0.4, -0.2) is 8.32 Å². The molecule has 0 spiro atoms. The van der Waals surface area contributed by atoms with Gasteiger partial charge in [-0.2, -0.15) is 0 Å². The maximum atomic E-state index is 5.96. The second kappa shape index (κ2) is 4.70. The Bertz CT molecular complexity index is 342. The Labute approximate surface area is 102 Å². The van der Waals surface area contributed by atoms with E-state index in [9.17, 15) is 0 Å². The first-order valence-electron chi connectivity index (χ1n) is 5.28. The van der Waals surface area contributed by atoms with Crippen LogP contribution in [0, 0.1) is 0 Å². The fraction of sp³-hybridized carbons (Fsp3) is 0.500. The number of hydrogen-bond donors (Lipinski definition) is 0. The van der Waals surface area contributed by atoms with E-state index in [1.165, 1.54) is 5.56 Å². The van der Waals surface area contributed by atoms with Crippen LogP contribution in [0.1, 0.15) is 25.3 Å². The minimum absolute atomic E-state index is 0.558. The summed E-state index contributed by atoms with van der Waals surface area (Å²) in [4.78, 5) is 0. The van der Waals surface area contributed by atoms with Gasteiger partial charge in [-0.05, 0) is 59.2 Å². The summed E-state index contributed by atoms with van der Waals surface area (Å²) in [6.45, 7) is 11.0. The lowest BCUT2D eigenvalue weighted by Crippen LogP contribution is -2.29. The monoisotopic (exact) mass is 286 g/mol. The fourth-order valence-electron chi connectivity index (χ4n) is 1.29. The van der Waals surface area contributed by atoms with Crippen LogP contribution in [0.15, 0.2) is 22.7 Å². The molecule has 0 heterocycles. The average molecular weight is 287 g/mol. The van der Waals surface area contributed by atoms with E-state index >= 15 is 0 Å². The SMILES string of the molecule is CC(C)c1ccc(O[Si](C)(C)C)c(Br)c1. The van der Waals surface area contributed by atoms with Crippen molar-refractivity contribution in [2.75, 3.05) is 0 Å². The predicted molar refractivity (Wildman–Crippen MR) is 72.2 cm³/mol. The van der Waals surface area contributed by atoms with Gasteiger partial charge in [0.2, 0.25) is 8.32 Å². The molecule has 0 amide bonds. The van der Waals surface area contributed by atoms with E-state index in [1.807, 2.05) is 0 Å². The normalized spacial score (nSPS) is 11.9. The van der Waals surface area contributed by atoms with Crippen molar-refractivity contribution < 1.29 is 4.43 Å². The maximum Gasteiger partial charge on any atom is 0.242 e. The molecular weight excluding hydrogens is 268 g/mol. The van der Waals surface area contributed by atoms with Crippen molar-refractivity contribution in [3.05, 3.63) is 28.2 Å². The molecule has 1 aromatic carbocycles. The highest BCUT2D eigenvalue weighted by Crippen LogP contribution is 2.30. The summed E-state index contributed by atoms with van der Waals surface area (Å²) in [7, 11) is -1.50. The van der Waals surface area contributed by atoms with Gasteiger partial charge in [0, 0.05) is 0 Å². The van der Waals surface area contributed by atoms with Gasteiger partial charge in [-0.1, -0.05) is 19.9 Å². The van der Waals surface area contributed by atoms with Gasteiger partial charge in [-0.25, -0.2) is 0 Å². The maximum absolute atomic E-state index is 5.96. The smallest absolute Gasteiger partial charge is 0.242 e. The molecule has 0 unspecified atom stereocenters. The summed E-state index contributed by atoms with van der Waals surface area (Å²) >= 11 is 3.57. The van der Waals surface area contributed by atoms with Crippen LogP contribution in [0.5, 0.6) is 5.75 Å². The molecule has 0 fully saturated rings. The van der Waals surface area contributed by atoms with Crippen LogP contribution < -0.4 is 4.43 Å². The highest BCUT2D eigenvalue weighted by Gasteiger charge is 2.17. The van der Waals surface area contributed by atoms with E-state index < -0.39 is 8.32 Å². The molecule has 0 atom stereocenters. The predicted octanol–water partition coefficient (Wildman–Crippen LogP) is 4.79. The number of hydrogen-bond acceptors (Lipinski definition) is 1. The van der Waals surface area contributed by atoms with Crippen LogP contribution in [-0.2, 0) is 0 Å². The molecule has 1 aromatic rings. The zero-order chi connectivity index (χ0) is 11.6. The highest BCUT2D eigenvalue weighted by molar-refractivity contribution is 9.10. The third-order valence-electron chi connectivity index (χ3n) is 2.04. The molecule has 0 bridgehead atoms. The van der Waals surface area contributed by atoms with Crippen molar-refractivity contribution in [2.24, 2.45) is 0 Å². The van der Waals surface area contributed by atoms with Crippen molar-refractivity contribution in [1.82, 2.24) is 0 Å². The van der Waals surface area contributed by atoms with Crippen molar-refractivity contribution in [1.29, 1.82) is 0 Å². The summed E-state index contributed by atoms with van der Waals surface area (Å²) in [5.74, 6) is 1.53. The molecule has 0 saturated carbocycles. The molecule has 15 heavy (non-hydrogen) atoms. The number of benzene rings is 1. The van der Waals surface area contributed by atoms with Gasteiger partial charge in [0.05, 0.1) is 4.47 Å². The topological polar surface area (TPSA) is 9.23 Å². The molecule has 84 valence electrons. The largest absolute Gasteiger partial charge is 0.544 e. The molecular formula is C12H19BrOSi. The van der Waals surface area contributed by atoms with E-state index in [4.69, 9.17) is 4.43 Å². The van der Waals surface area contributed by atoms with Crippen molar-refractivity contribution >= 4 is 24.2 Å². The lowest BCUT2D eigenvalue weighted by atomic mass is 10.0. The summed E-state index contributed by atoms with van der Waals surface area (Å²) in [6, 6.07) is 6.36. The Morgan fingerprint density at radius 3 is 2.20 bits per heavy atom. The minimum atomic E-state index is -1.50. The Balaban J connectivity index is 2.94. The molecule has 0 aromatic heterocycles. The van der Waals surface area contributed by atoms with Gasteiger partial charge >= 0.3 is 0 Å². The van der Waals surface area contributed by atoms with Crippen LogP contribution in [0.4, 0.5) is 0 Å². The lowest BCUT2D eigenvalue weighted by molar-refractivity contribution is 0.553. The van der Waals surface area contributed by atoms with Crippen LogP contribution in [0.2, 0.25) is 19.6 Å². The Morgan fingerprint density at radius 1 is 1.20 bits per heavy atom. The second-order valence-corrected chi connectivity index (χ2v) is 10.3. The van der Waals surface area contributed by atoms with E-state index in [0.717, 1.165) is 10.2 Å². The zero-order valence-corrected chi connectivity index (χ0v) is 12.7. The Hall–Kier alpha value is -0.283. The van der Waals surface area contributed by atoms with Crippen molar-refractivity contribution in [3.8, 4) is 5.75 Å². The van der Waals surface area contributed by atoms with Crippen LogP contribution in [0.25, 0.3) is 0 Å². The van der Waals surface area contributed by atoms with Gasteiger partial charge in [-0.3, -0.25) is 0 Å². The van der Waals surface area contributed by atoms with Gasteiger partial charge in [0.1, 0.15) is 5.75 Å². The first-order chi connectivity index (χ1) is 6.79. The summed E-state index contributed by atoms with van der Waals surface area (Å²) in [6.07, 6.45) is 0. The number of halogens is 1. The van der Waals surface area contributed by atoms with E-state index in [1.54, 1.807) is 0 Å². The van der Waals surface area contributed by atoms with E-state index in [-0.39, 0.29) is 0 Å². The zero-order valence-electron chi connectivity index (χ0n) is 10.1. The minimum Gasteiger partial charge on any atom is -0.544 e. The standard InChI is InChI=1S/C12H19BrOSi/c1-9(2)10-6-7-12(11(13)8-10)14-15(3,4)5/h6-9H,1-5H3. The van der Waals surface area contributed by atoms with Gasteiger partial charge in [0.15, 0.2) is 0 Å². The van der Waals surface area contributed by atoms with E-state index in [0.29, 0.717) is 5.92 Å². The molecule has 3 heteroatoms. The molecule has 0 saturated heterocycles. The molecule has 1 nitrogen and oxygen atoms in total.